The Balaban J connectivity index is 2.99. The first-order valence-corrected chi connectivity index (χ1v) is 5.30. The van der Waals surface area contributed by atoms with Crippen molar-refractivity contribution in [3.05, 3.63) is 0 Å². The highest BCUT2D eigenvalue weighted by molar-refractivity contribution is 6.17. The smallest absolute Gasteiger partial charge is 0.381 e. The number of unbranched alkanes of at least 4 members (excludes halogenated alkanes) is 3. The number of rotatable bonds is 8. The molecule has 0 aromatic heterocycles. The molecule has 0 fully saturated rings. The Kier molecular flexibility index (Phi) is 8.38. The van der Waals surface area contributed by atoms with Gasteiger partial charge in [-0.3, -0.25) is 0 Å². The maximum Gasteiger partial charge on any atom is 0.391 e. The molecule has 0 bridgehead atoms. The standard InChI is InChI=1S/C9H16ClF3O/c10-6-3-1-2-4-7-14-8-5-9(11,12)13/h1-8H2. The van der Waals surface area contributed by atoms with Crippen molar-refractivity contribution in [2.45, 2.75) is 38.3 Å². The minimum atomic E-state index is -4.10. The predicted octanol–water partition coefficient (Wildman–Crippen LogP) is 3.75. The van der Waals surface area contributed by atoms with Crippen LogP contribution >= 0.6 is 11.6 Å². The second-order valence-electron chi connectivity index (χ2n) is 3.08. The average molecular weight is 233 g/mol. The third-order valence-electron chi connectivity index (χ3n) is 1.70. The van der Waals surface area contributed by atoms with Gasteiger partial charge in [0.05, 0.1) is 13.0 Å². The van der Waals surface area contributed by atoms with Gasteiger partial charge in [0.2, 0.25) is 0 Å². The molecule has 0 unspecified atom stereocenters. The van der Waals surface area contributed by atoms with Crippen molar-refractivity contribution < 1.29 is 17.9 Å². The van der Waals surface area contributed by atoms with Crippen LogP contribution in [0.5, 0.6) is 0 Å². The van der Waals surface area contributed by atoms with Crippen molar-refractivity contribution in [2.75, 3.05) is 19.1 Å². The second kappa shape index (κ2) is 8.36. The summed E-state index contributed by atoms with van der Waals surface area (Å²) in [4.78, 5) is 0. The maximum absolute atomic E-state index is 11.6. The molecule has 0 spiro atoms. The van der Waals surface area contributed by atoms with Crippen molar-refractivity contribution >= 4 is 11.6 Å². The van der Waals surface area contributed by atoms with Crippen LogP contribution in [0, 0.1) is 0 Å². The summed E-state index contributed by atoms with van der Waals surface area (Å²) in [6, 6.07) is 0. The lowest BCUT2D eigenvalue weighted by Gasteiger charge is -2.06. The van der Waals surface area contributed by atoms with Crippen LogP contribution < -0.4 is 0 Å². The fourth-order valence-corrected chi connectivity index (χ4v) is 1.13. The highest BCUT2D eigenvalue weighted by Crippen LogP contribution is 2.18. The molecule has 0 N–H and O–H groups in total. The normalized spacial score (nSPS) is 12.0. The fourth-order valence-electron chi connectivity index (χ4n) is 0.942. The molecule has 5 heteroatoms. The van der Waals surface area contributed by atoms with Gasteiger partial charge in [-0.2, -0.15) is 13.2 Å². The van der Waals surface area contributed by atoms with Crippen molar-refractivity contribution in [2.24, 2.45) is 0 Å². The van der Waals surface area contributed by atoms with Crippen LogP contribution in [0.2, 0.25) is 0 Å². The molecule has 0 aliphatic heterocycles. The van der Waals surface area contributed by atoms with Gasteiger partial charge in [-0.05, 0) is 12.8 Å². The Morgan fingerprint density at radius 1 is 0.929 bits per heavy atom. The van der Waals surface area contributed by atoms with E-state index in [0.29, 0.717) is 12.5 Å². The Labute approximate surface area is 87.6 Å². The number of ether oxygens (including phenoxy) is 1. The van der Waals surface area contributed by atoms with Crippen LogP contribution in [-0.2, 0) is 4.74 Å². The molecule has 0 amide bonds. The fraction of sp³-hybridized carbons (Fsp3) is 1.00. The average Bonchev–Trinajstić information content (AvgIpc) is 2.08. The van der Waals surface area contributed by atoms with E-state index < -0.39 is 12.6 Å². The Morgan fingerprint density at radius 3 is 2.14 bits per heavy atom. The van der Waals surface area contributed by atoms with E-state index in [9.17, 15) is 13.2 Å². The summed E-state index contributed by atoms with van der Waals surface area (Å²) >= 11 is 5.46. The Bertz CT molecular complexity index is 128. The minimum Gasteiger partial charge on any atom is -0.381 e. The van der Waals surface area contributed by atoms with Gasteiger partial charge in [0, 0.05) is 12.5 Å². The first-order valence-electron chi connectivity index (χ1n) is 4.77. The summed E-state index contributed by atoms with van der Waals surface area (Å²) in [7, 11) is 0. The van der Waals surface area contributed by atoms with Gasteiger partial charge in [-0.25, -0.2) is 0 Å². The van der Waals surface area contributed by atoms with Crippen LogP contribution in [0.1, 0.15) is 32.1 Å². The van der Waals surface area contributed by atoms with E-state index in [1.807, 2.05) is 0 Å². The molecule has 0 aliphatic rings. The van der Waals surface area contributed by atoms with E-state index >= 15 is 0 Å². The van der Waals surface area contributed by atoms with E-state index in [1.54, 1.807) is 0 Å². The number of halogens is 4. The van der Waals surface area contributed by atoms with E-state index in [1.165, 1.54) is 0 Å². The van der Waals surface area contributed by atoms with E-state index in [-0.39, 0.29) is 6.61 Å². The van der Waals surface area contributed by atoms with Gasteiger partial charge in [0.25, 0.3) is 0 Å². The van der Waals surface area contributed by atoms with Gasteiger partial charge in [-0.1, -0.05) is 12.8 Å². The van der Waals surface area contributed by atoms with Crippen LogP contribution in [0.15, 0.2) is 0 Å². The molecule has 0 aromatic rings. The molecule has 0 aliphatic carbocycles. The van der Waals surface area contributed by atoms with Gasteiger partial charge in [0.1, 0.15) is 0 Å². The Hall–Kier alpha value is 0.0400. The molecular weight excluding hydrogens is 217 g/mol. The first-order chi connectivity index (χ1) is 6.56. The topological polar surface area (TPSA) is 9.23 Å². The highest BCUT2D eigenvalue weighted by Gasteiger charge is 2.26. The number of alkyl halides is 4. The van der Waals surface area contributed by atoms with Crippen LogP contribution in [0.3, 0.4) is 0 Å². The largest absolute Gasteiger partial charge is 0.391 e. The molecule has 0 saturated heterocycles. The zero-order chi connectivity index (χ0) is 10.9. The summed E-state index contributed by atoms with van der Waals surface area (Å²) in [6.45, 7) is 0.192. The number of hydrogen-bond donors (Lipinski definition) is 0. The van der Waals surface area contributed by atoms with E-state index in [0.717, 1.165) is 25.7 Å². The molecule has 86 valence electrons. The summed E-state index contributed by atoms with van der Waals surface area (Å²) < 4.78 is 39.7. The van der Waals surface area contributed by atoms with Crippen LogP contribution in [0.25, 0.3) is 0 Å². The quantitative estimate of drug-likeness (QED) is 0.457. The van der Waals surface area contributed by atoms with Crippen molar-refractivity contribution in [3.8, 4) is 0 Å². The monoisotopic (exact) mass is 232 g/mol. The third-order valence-corrected chi connectivity index (χ3v) is 1.97. The molecule has 0 saturated carbocycles. The van der Waals surface area contributed by atoms with E-state index in [4.69, 9.17) is 16.3 Å². The summed E-state index contributed by atoms with van der Waals surface area (Å²) in [5.41, 5.74) is 0. The zero-order valence-electron chi connectivity index (χ0n) is 8.08. The van der Waals surface area contributed by atoms with Gasteiger partial charge in [-0.15, -0.1) is 11.6 Å². The zero-order valence-corrected chi connectivity index (χ0v) is 8.83. The van der Waals surface area contributed by atoms with Gasteiger partial charge >= 0.3 is 6.18 Å². The van der Waals surface area contributed by atoms with Crippen molar-refractivity contribution in [1.82, 2.24) is 0 Å². The molecule has 0 radical (unpaired) electrons. The molecule has 0 rings (SSSR count). The molecule has 0 aromatic carbocycles. The predicted molar refractivity (Wildman–Crippen MR) is 50.7 cm³/mol. The SMILES string of the molecule is FC(F)(F)CCOCCCCCCCl. The van der Waals surface area contributed by atoms with Gasteiger partial charge in [0.15, 0.2) is 0 Å². The number of hydrogen-bond acceptors (Lipinski definition) is 1. The summed E-state index contributed by atoms with van der Waals surface area (Å²) in [6.07, 6.45) is -1.18. The van der Waals surface area contributed by atoms with Gasteiger partial charge < -0.3 is 4.74 Å². The lowest BCUT2D eigenvalue weighted by Crippen LogP contribution is -2.11. The van der Waals surface area contributed by atoms with Crippen molar-refractivity contribution in [3.63, 3.8) is 0 Å². The highest BCUT2D eigenvalue weighted by atomic mass is 35.5. The maximum atomic E-state index is 11.6. The van der Waals surface area contributed by atoms with Crippen LogP contribution in [-0.4, -0.2) is 25.3 Å². The first kappa shape index (κ1) is 14.0. The summed E-state index contributed by atoms with van der Waals surface area (Å²) in [5.74, 6) is 0.648. The van der Waals surface area contributed by atoms with E-state index in [2.05, 4.69) is 0 Å². The molecular formula is C9H16ClF3O. The second-order valence-corrected chi connectivity index (χ2v) is 3.46. The minimum absolute atomic E-state index is 0.223. The lowest BCUT2D eigenvalue weighted by atomic mass is 10.2. The third kappa shape index (κ3) is 12.0. The molecule has 0 atom stereocenters. The molecule has 1 nitrogen and oxygen atoms in total. The van der Waals surface area contributed by atoms with Crippen molar-refractivity contribution in [1.29, 1.82) is 0 Å². The van der Waals surface area contributed by atoms with Crippen LogP contribution in [0.4, 0.5) is 13.2 Å². The molecule has 14 heavy (non-hydrogen) atoms. The lowest BCUT2D eigenvalue weighted by molar-refractivity contribution is -0.145. The summed E-state index contributed by atoms with van der Waals surface area (Å²) in [5, 5.41) is 0. The molecule has 0 heterocycles. The Morgan fingerprint density at radius 2 is 1.57 bits per heavy atom.